The number of aliphatic hydroxyl groups is 1. The van der Waals surface area contributed by atoms with Crippen LogP contribution in [0.2, 0.25) is 0 Å². The van der Waals surface area contributed by atoms with Gasteiger partial charge in [-0.05, 0) is 31.2 Å². The summed E-state index contributed by atoms with van der Waals surface area (Å²) in [5.41, 5.74) is -1.59. The lowest BCUT2D eigenvalue weighted by molar-refractivity contribution is -0.170. The first-order chi connectivity index (χ1) is 21.2. The summed E-state index contributed by atoms with van der Waals surface area (Å²) in [7, 11) is 1.23. The van der Waals surface area contributed by atoms with Gasteiger partial charge >= 0.3 is 36.1 Å². The van der Waals surface area contributed by atoms with Gasteiger partial charge in [-0.1, -0.05) is 0 Å². The van der Waals surface area contributed by atoms with Crippen molar-refractivity contribution in [1.29, 1.82) is 5.41 Å². The maximum absolute atomic E-state index is 12.4. The predicted octanol–water partition coefficient (Wildman–Crippen LogP) is -0.375. The van der Waals surface area contributed by atoms with Crippen molar-refractivity contribution in [2.75, 3.05) is 64.4 Å². The number of carboxylic acids is 3. The van der Waals surface area contributed by atoms with Gasteiger partial charge < -0.3 is 34.6 Å². The molecule has 2 aliphatic heterocycles. The van der Waals surface area contributed by atoms with Crippen LogP contribution in [0.15, 0.2) is 24.3 Å². The van der Waals surface area contributed by atoms with E-state index < -0.39 is 48.5 Å². The molecule has 1 atom stereocenters. The van der Waals surface area contributed by atoms with Crippen molar-refractivity contribution in [1.82, 2.24) is 15.1 Å². The molecule has 2 aliphatic rings. The Morgan fingerprint density at radius 3 is 2.04 bits per heavy atom. The van der Waals surface area contributed by atoms with Crippen LogP contribution in [-0.2, 0) is 33.4 Å². The number of rotatable bonds is 12. The van der Waals surface area contributed by atoms with Crippen molar-refractivity contribution in [2.24, 2.45) is 0 Å². The summed E-state index contributed by atoms with van der Waals surface area (Å²) >= 11 is 0. The Kier molecular flexibility index (Phi) is 13.6. The molecular formula is C27H37N5O13. The van der Waals surface area contributed by atoms with E-state index in [0.29, 0.717) is 37.5 Å². The Balaban J connectivity index is 0.000000459. The van der Waals surface area contributed by atoms with Crippen LogP contribution in [0, 0.1) is 5.41 Å². The molecular weight excluding hydrogens is 602 g/mol. The summed E-state index contributed by atoms with van der Waals surface area (Å²) in [4.78, 5) is 71.6. The molecule has 0 bridgehead atoms. The van der Waals surface area contributed by atoms with Gasteiger partial charge in [0.05, 0.1) is 39.6 Å². The second-order valence-corrected chi connectivity index (χ2v) is 10.0. The second kappa shape index (κ2) is 16.9. The number of benzene rings is 1. The molecule has 0 saturated carbocycles. The van der Waals surface area contributed by atoms with E-state index in [2.05, 4.69) is 19.9 Å². The van der Waals surface area contributed by atoms with Crippen molar-refractivity contribution < 1.29 is 63.4 Å². The molecule has 18 nitrogen and oxygen atoms in total. The number of aliphatic carboxylic acids is 3. The summed E-state index contributed by atoms with van der Waals surface area (Å²) in [5.74, 6) is -5.31. The Hall–Kier alpha value is -4.81. The SMILES string of the molecule is CCOC(=O)CN1CCN(C[C@@H]2CN(c3ccc(C(=N)NC(=O)OC)cc3)C(=O)O2)CC1.O=C(O)CC(O)(CC(=O)O)C(=O)O. The van der Waals surface area contributed by atoms with E-state index in [4.69, 9.17) is 35.3 Å². The zero-order valence-electron chi connectivity index (χ0n) is 24.8. The van der Waals surface area contributed by atoms with E-state index in [0.717, 1.165) is 26.2 Å². The number of nitrogens with zero attached hydrogens (tertiary/aromatic N) is 3. The van der Waals surface area contributed by atoms with Gasteiger partial charge in [0.2, 0.25) is 0 Å². The van der Waals surface area contributed by atoms with Gasteiger partial charge in [-0.2, -0.15) is 0 Å². The van der Waals surface area contributed by atoms with Crippen molar-refractivity contribution in [3.05, 3.63) is 29.8 Å². The fourth-order valence-electron chi connectivity index (χ4n) is 4.38. The first-order valence-corrected chi connectivity index (χ1v) is 13.7. The minimum absolute atomic E-state index is 0.0904. The number of anilines is 1. The molecule has 2 heterocycles. The quantitative estimate of drug-likeness (QED) is 0.0738. The number of carbonyl (C=O) groups excluding carboxylic acids is 3. The number of esters is 1. The number of hydrogen-bond acceptors (Lipinski definition) is 13. The number of nitrogens with one attached hydrogen (secondary N) is 2. The first-order valence-electron chi connectivity index (χ1n) is 13.7. The molecule has 0 aliphatic carbocycles. The van der Waals surface area contributed by atoms with Crippen molar-refractivity contribution in [3.8, 4) is 0 Å². The molecule has 1 aromatic carbocycles. The number of alkyl carbamates (subject to hydrolysis) is 1. The van der Waals surface area contributed by atoms with E-state index in [-0.39, 0.29) is 17.9 Å². The molecule has 0 unspecified atom stereocenters. The largest absolute Gasteiger partial charge is 0.481 e. The van der Waals surface area contributed by atoms with Crippen LogP contribution in [0.4, 0.5) is 15.3 Å². The molecule has 0 aromatic heterocycles. The normalized spacial score (nSPS) is 16.9. The van der Waals surface area contributed by atoms with Gasteiger partial charge in [-0.3, -0.25) is 39.8 Å². The maximum Gasteiger partial charge on any atom is 0.414 e. The molecule has 0 radical (unpaired) electrons. The molecule has 3 rings (SSSR count). The van der Waals surface area contributed by atoms with Crippen LogP contribution in [-0.4, -0.2) is 143 Å². The highest BCUT2D eigenvalue weighted by atomic mass is 16.6. The lowest BCUT2D eigenvalue weighted by atomic mass is 9.96. The molecule has 248 valence electrons. The molecule has 2 fully saturated rings. The summed E-state index contributed by atoms with van der Waals surface area (Å²) in [5, 5.41) is 44.0. The van der Waals surface area contributed by atoms with Gasteiger partial charge in [0, 0.05) is 44.0 Å². The molecule has 1 aromatic rings. The van der Waals surface area contributed by atoms with Gasteiger partial charge in [0.1, 0.15) is 11.9 Å². The smallest absolute Gasteiger partial charge is 0.414 e. The standard InChI is InChI=1S/C21H29N5O6.C6H8O7/c1-3-31-18(27)14-25-10-8-24(9-11-25)12-17-13-26(21(29)32-17)16-6-4-15(5-7-16)19(22)23-20(28)30-2;7-3(8)1-6(13,5(11)12)2-4(9)10/h4-7,17H,3,8-14H2,1-2H3,(H2,22,23,28);13H,1-2H2,(H,7,8)(H,9,10)(H,11,12)/t17-;/m1./s1. The third-order valence-corrected chi connectivity index (χ3v) is 6.62. The minimum Gasteiger partial charge on any atom is -0.481 e. The number of amidine groups is 1. The van der Waals surface area contributed by atoms with Crippen LogP contribution in [0.1, 0.15) is 25.3 Å². The highest BCUT2D eigenvalue weighted by Crippen LogP contribution is 2.23. The fourth-order valence-corrected chi connectivity index (χ4v) is 4.38. The van der Waals surface area contributed by atoms with Gasteiger partial charge in [-0.25, -0.2) is 14.4 Å². The van der Waals surface area contributed by atoms with Crippen molar-refractivity contribution >= 4 is 47.6 Å². The molecule has 6 N–H and O–H groups in total. The van der Waals surface area contributed by atoms with Gasteiger partial charge in [0.15, 0.2) is 5.60 Å². The number of methoxy groups -OCH3 is 1. The average molecular weight is 640 g/mol. The molecule has 0 spiro atoms. The third-order valence-electron chi connectivity index (χ3n) is 6.62. The van der Waals surface area contributed by atoms with Crippen molar-refractivity contribution in [2.45, 2.75) is 31.5 Å². The van der Waals surface area contributed by atoms with Crippen LogP contribution < -0.4 is 10.2 Å². The molecule has 2 amide bonds. The number of carboxylic acid groups (broad SMARTS) is 3. The van der Waals surface area contributed by atoms with E-state index in [1.54, 1.807) is 36.1 Å². The maximum atomic E-state index is 12.4. The van der Waals surface area contributed by atoms with Gasteiger partial charge in [0.25, 0.3) is 0 Å². The summed E-state index contributed by atoms with van der Waals surface area (Å²) in [6, 6.07) is 6.72. The Morgan fingerprint density at radius 2 is 1.56 bits per heavy atom. The second-order valence-electron chi connectivity index (χ2n) is 10.0. The van der Waals surface area contributed by atoms with E-state index in [1.165, 1.54) is 7.11 Å². The molecule has 45 heavy (non-hydrogen) atoms. The summed E-state index contributed by atoms with van der Waals surface area (Å²) in [6.07, 6.45) is -3.67. The first kappa shape index (κ1) is 36.4. The summed E-state index contributed by atoms with van der Waals surface area (Å²) in [6.45, 7) is 6.64. The number of piperazine rings is 1. The highest BCUT2D eigenvalue weighted by molar-refractivity contribution is 6.04. The predicted molar refractivity (Wildman–Crippen MR) is 153 cm³/mol. The highest BCUT2D eigenvalue weighted by Gasteiger charge is 2.41. The van der Waals surface area contributed by atoms with Gasteiger partial charge in [-0.15, -0.1) is 0 Å². The van der Waals surface area contributed by atoms with E-state index >= 15 is 0 Å². The molecule has 18 heteroatoms. The lowest BCUT2D eigenvalue weighted by Crippen LogP contribution is -2.50. The monoisotopic (exact) mass is 639 g/mol. The Morgan fingerprint density at radius 1 is 1.00 bits per heavy atom. The average Bonchev–Trinajstić information content (AvgIpc) is 3.33. The number of cyclic esters (lactones) is 1. The van der Waals surface area contributed by atoms with Crippen LogP contribution in [0.25, 0.3) is 0 Å². The van der Waals surface area contributed by atoms with E-state index in [1.807, 2.05) is 0 Å². The summed E-state index contributed by atoms with van der Waals surface area (Å²) < 4.78 is 15.0. The van der Waals surface area contributed by atoms with Crippen LogP contribution >= 0.6 is 0 Å². The fraction of sp³-hybridized carbons (Fsp3) is 0.519. The topological polar surface area (TPSA) is 257 Å². The third kappa shape index (κ3) is 11.7. The number of ether oxygens (including phenoxy) is 3. The van der Waals surface area contributed by atoms with Crippen LogP contribution in [0.3, 0.4) is 0 Å². The number of amides is 2. The number of carbonyl (C=O) groups is 6. The molecule has 2 saturated heterocycles. The Labute approximate surface area is 257 Å². The zero-order chi connectivity index (χ0) is 33.7. The Bertz CT molecular complexity index is 1230. The minimum atomic E-state index is -2.74. The number of hydrogen-bond donors (Lipinski definition) is 6. The lowest BCUT2D eigenvalue weighted by Gasteiger charge is -2.34. The van der Waals surface area contributed by atoms with E-state index in [9.17, 15) is 28.8 Å². The van der Waals surface area contributed by atoms with Crippen LogP contribution in [0.5, 0.6) is 0 Å². The van der Waals surface area contributed by atoms with Crippen molar-refractivity contribution in [3.63, 3.8) is 0 Å². The zero-order valence-corrected chi connectivity index (χ0v) is 24.8.